The van der Waals surface area contributed by atoms with Gasteiger partial charge in [-0.15, -0.1) is 23.4 Å². The minimum atomic E-state index is -4.80. The molecule has 148 valence electrons. The van der Waals surface area contributed by atoms with Crippen molar-refractivity contribution in [1.29, 1.82) is 0 Å². The third kappa shape index (κ3) is 3.51. The van der Waals surface area contributed by atoms with Gasteiger partial charge >= 0.3 is 12.3 Å². The fourth-order valence-electron chi connectivity index (χ4n) is 2.98. The van der Waals surface area contributed by atoms with Crippen LogP contribution in [-0.2, 0) is 5.92 Å². The van der Waals surface area contributed by atoms with E-state index < -0.39 is 30.1 Å². The Bertz CT molecular complexity index is 997. The first kappa shape index (κ1) is 18.6. The molecule has 1 aliphatic rings. The third-order valence-corrected chi connectivity index (χ3v) is 4.56. The maximum atomic E-state index is 14.7. The first-order valence-corrected chi connectivity index (χ1v) is 8.42. The van der Waals surface area contributed by atoms with Crippen LogP contribution in [0.25, 0.3) is 16.8 Å². The average Bonchev–Trinajstić information content (AvgIpc) is 3.38. The highest BCUT2D eigenvalue weighted by Crippen LogP contribution is 2.43. The van der Waals surface area contributed by atoms with E-state index in [4.69, 9.17) is 0 Å². The topological polar surface area (TPSA) is 59.7 Å². The monoisotopic (exact) mass is 399 g/mol. The number of nitrogens with zero attached hydrogens (tertiary/aromatic N) is 3. The molecule has 2 aromatic heterocycles. The summed E-state index contributed by atoms with van der Waals surface area (Å²) in [5, 5.41) is 17.2. The van der Waals surface area contributed by atoms with Gasteiger partial charge < -0.3 is 9.84 Å². The largest absolute Gasteiger partial charge is 0.573 e. The average molecular weight is 399 g/mol. The molecule has 4 rings (SSSR count). The zero-order valence-electron chi connectivity index (χ0n) is 14.2. The van der Waals surface area contributed by atoms with E-state index in [1.807, 2.05) is 0 Å². The first-order valence-electron chi connectivity index (χ1n) is 8.42. The highest BCUT2D eigenvalue weighted by molar-refractivity contribution is 5.65. The molecule has 0 amide bonds. The van der Waals surface area contributed by atoms with Crippen molar-refractivity contribution in [1.82, 2.24) is 14.6 Å². The van der Waals surface area contributed by atoms with Crippen molar-refractivity contribution in [3.8, 4) is 16.9 Å². The molecule has 1 unspecified atom stereocenters. The lowest BCUT2D eigenvalue weighted by atomic mass is 10.1. The highest BCUT2D eigenvalue weighted by Gasteiger charge is 2.51. The van der Waals surface area contributed by atoms with Crippen LogP contribution in [0, 0.1) is 5.92 Å². The lowest BCUT2D eigenvalue weighted by Gasteiger charge is -2.20. The van der Waals surface area contributed by atoms with E-state index in [0.29, 0.717) is 24.0 Å². The van der Waals surface area contributed by atoms with Crippen molar-refractivity contribution in [2.75, 3.05) is 0 Å². The van der Waals surface area contributed by atoms with Crippen LogP contribution in [0.4, 0.5) is 22.0 Å². The molecule has 1 atom stereocenters. The standard InChI is InChI=1S/C18H14F5N3O2/c19-17(20,15(27)11-1-2-11)16-25-24-14-8-5-12(9-26(14)16)10-3-6-13(7-4-10)28-18(21,22)23/h3-9,11,15,27H,1-2H2. The number of hydrogen-bond donors (Lipinski definition) is 1. The van der Waals surface area contributed by atoms with Crippen LogP contribution in [0.1, 0.15) is 18.7 Å². The molecule has 0 spiro atoms. The Kier molecular flexibility index (Phi) is 4.25. The molecule has 1 aliphatic carbocycles. The summed E-state index contributed by atoms with van der Waals surface area (Å²) in [5.41, 5.74) is 1.12. The Balaban J connectivity index is 1.68. The summed E-state index contributed by atoms with van der Waals surface area (Å²) in [6.07, 6.45) is -4.22. The van der Waals surface area contributed by atoms with E-state index in [0.717, 1.165) is 16.5 Å². The van der Waals surface area contributed by atoms with Crippen molar-refractivity contribution in [3.63, 3.8) is 0 Å². The Morgan fingerprint density at radius 2 is 1.61 bits per heavy atom. The smallest absolute Gasteiger partial charge is 0.406 e. The molecule has 0 aliphatic heterocycles. The number of pyridine rings is 1. The van der Waals surface area contributed by atoms with E-state index in [1.165, 1.54) is 24.4 Å². The molecule has 1 saturated carbocycles. The lowest BCUT2D eigenvalue weighted by molar-refractivity contribution is -0.274. The third-order valence-electron chi connectivity index (χ3n) is 4.56. The van der Waals surface area contributed by atoms with E-state index in [2.05, 4.69) is 14.9 Å². The minimum Gasteiger partial charge on any atom is -0.406 e. The molecule has 0 radical (unpaired) electrons. The highest BCUT2D eigenvalue weighted by atomic mass is 19.4. The van der Waals surface area contributed by atoms with Gasteiger partial charge in [0, 0.05) is 6.20 Å². The van der Waals surface area contributed by atoms with Gasteiger partial charge in [-0.05, 0) is 54.2 Å². The molecule has 0 bridgehead atoms. The summed E-state index contributed by atoms with van der Waals surface area (Å²) in [6.45, 7) is 0. The van der Waals surface area contributed by atoms with Crippen molar-refractivity contribution in [2.45, 2.75) is 31.2 Å². The van der Waals surface area contributed by atoms with Gasteiger partial charge in [-0.3, -0.25) is 4.40 Å². The normalized spacial score (nSPS) is 16.4. The maximum Gasteiger partial charge on any atom is 0.573 e. The predicted octanol–water partition coefficient (Wildman–Crippen LogP) is 4.16. The number of halogens is 5. The molecule has 1 fully saturated rings. The Labute approximate surface area is 155 Å². The van der Waals surface area contributed by atoms with Gasteiger partial charge in [-0.25, -0.2) is 0 Å². The molecule has 5 nitrogen and oxygen atoms in total. The number of fused-ring (bicyclic) bond motifs is 1. The molecule has 10 heteroatoms. The molecule has 28 heavy (non-hydrogen) atoms. The number of rotatable bonds is 5. The molecule has 1 aromatic carbocycles. The summed E-state index contributed by atoms with van der Waals surface area (Å²) in [7, 11) is 0. The lowest BCUT2D eigenvalue weighted by Crippen LogP contribution is -2.34. The fourth-order valence-corrected chi connectivity index (χ4v) is 2.98. The summed E-state index contributed by atoms with van der Waals surface area (Å²) in [4.78, 5) is 0. The second-order valence-electron chi connectivity index (χ2n) is 6.65. The Morgan fingerprint density at radius 3 is 2.21 bits per heavy atom. The van der Waals surface area contributed by atoms with Gasteiger partial charge in [-0.1, -0.05) is 12.1 Å². The van der Waals surface area contributed by atoms with Crippen LogP contribution in [-0.4, -0.2) is 32.2 Å². The summed E-state index contributed by atoms with van der Waals surface area (Å²) in [5.74, 6) is -5.11. The second-order valence-corrected chi connectivity index (χ2v) is 6.65. The summed E-state index contributed by atoms with van der Waals surface area (Å²) >= 11 is 0. The number of alkyl halides is 5. The van der Waals surface area contributed by atoms with Crippen LogP contribution in [0.3, 0.4) is 0 Å². The van der Waals surface area contributed by atoms with Crippen molar-refractivity contribution in [3.05, 3.63) is 48.4 Å². The predicted molar refractivity (Wildman–Crippen MR) is 87.7 cm³/mol. The Hall–Kier alpha value is -2.75. The number of aromatic nitrogens is 3. The first-order chi connectivity index (χ1) is 13.1. The van der Waals surface area contributed by atoms with E-state index in [9.17, 15) is 27.1 Å². The molecular weight excluding hydrogens is 385 g/mol. The zero-order valence-corrected chi connectivity index (χ0v) is 14.2. The number of aliphatic hydroxyl groups is 1. The molecular formula is C18H14F5N3O2. The van der Waals surface area contributed by atoms with Crippen molar-refractivity contribution < 1.29 is 31.8 Å². The van der Waals surface area contributed by atoms with Crippen LogP contribution < -0.4 is 4.74 Å². The van der Waals surface area contributed by atoms with Crippen LogP contribution >= 0.6 is 0 Å². The summed E-state index contributed by atoms with van der Waals surface area (Å²) < 4.78 is 71.0. The molecule has 2 heterocycles. The quantitative estimate of drug-likeness (QED) is 0.655. The maximum absolute atomic E-state index is 14.7. The van der Waals surface area contributed by atoms with Gasteiger partial charge in [0.2, 0.25) is 5.82 Å². The van der Waals surface area contributed by atoms with Crippen molar-refractivity contribution >= 4 is 5.65 Å². The van der Waals surface area contributed by atoms with E-state index in [1.54, 1.807) is 6.07 Å². The number of ether oxygens (including phenoxy) is 1. The SMILES string of the molecule is OC(C1CC1)C(F)(F)c1nnc2ccc(-c3ccc(OC(F)(F)F)cc3)cn12. The number of hydrogen-bond acceptors (Lipinski definition) is 4. The van der Waals surface area contributed by atoms with Gasteiger partial charge in [0.25, 0.3) is 0 Å². The fraction of sp³-hybridized carbons (Fsp3) is 0.333. The molecule has 1 N–H and O–H groups in total. The van der Waals surface area contributed by atoms with Crippen molar-refractivity contribution in [2.24, 2.45) is 5.92 Å². The van der Waals surface area contributed by atoms with Crippen LogP contribution in [0.15, 0.2) is 42.6 Å². The number of benzene rings is 1. The van der Waals surface area contributed by atoms with E-state index in [-0.39, 0.29) is 11.4 Å². The number of aliphatic hydroxyl groups excluding tert-OH is 1. The van der Waals surface area contributed by atoms with Gasteiger partial charge in [0.1, 0.15) is 11.9 Å². The summed E-state index contributed by atoms with van der Waals surface area (Å²) in [6, 6.07) is 8.07. The minimum absolute atomic E-state index is 0.165. The Morgan fingerprint density at radius 1 is 0.964 bits per heavy atom. The van der Waals surface area contributed by atoms with Gasteiger partial charge in [0.05, 0.1) is 0 Å². The van der Waals surface area contributed by atoms with Gasteiger partial charge in [-0.2, -0.15) is 8.78 Å². The van der Waals surface area contributed by atoms with Crippen LogP contribution in [0.5, 0.6) is 5.75 Å². The molecule has 0 saturated heterocycles. The second kappa shape index (κ2) is 6.40. The zero-order chi connectivity index (χ0) is 20.1. The molecule has 3 aromatic rings. The van der Waals surface area contributed by atoms with E-state index >= 15 is 0 Å². The van der Waals surface area contributed by atoms with Crippen LogP contribution in [0.2, 0.25) is 0 Å². The van der Waals surface area contributed by atoms with Gasteiger partial charge in [0.15, 0.2) is 5.65 Å².